The van der Waals surface area contributed by atoms with Crippen LogP contribution in [0.15, 0.2) is 54.6 Å². The standard InChI is InChI=1S/C21H25NO3/c23-18-10-6-15(7-11-18)14-20(16-4-2-1-3-5-16)21(25)22-17-8-12-19(24)13-9-17/h1-7,10-11,17,19-20,23-24H,8-9,12-14H2,(H,22,25). The first-order valence-corrected chi connectivity index (χ1v) is 8.93. The van der Waals surface area contributed by atoms with Gasteiger partial charge in [-0.1, -0.05) is 42.5 Å². The predicted molar refractivity (Wildman–Crippen MR) is 97.4 cm³/mol. The second-order valence-corrected chi connectivity index (χ2v) is 6.85. The van der Waals surface area contributed by atoms with Gasteiger partial charge in [-0.15, -0.1) is 0 Å². The van der Waals surface area contributed by atoms with Crippen LogP contribution in [0.3, 0.4) is 0 Å². The van der Waals surface area contributed by atoms with Crippen LogP contribution in [0.2, 0.25) is 0 Å². The third-order valence-corrected chi connectivity index (χ3v) is 4.94. The van der Waals surface area contributed by atoms with Crippen molar-refractivity contribution in [1.82, 2.24) is 5.32 Å². The van der Waals surface area contributed by atoms with Gasteiger partial charge in [-0.05, 0) is 55.4 Å². The summed E-state index contributed by atoms with van der Waals surface area (Å²) in [7, 11) is 0. The van der Waals surface area contributed by atoms with E-state index in [0.717, 1.165) is 36.8 Å². The highest BCUT2D eigenvalue weighted by molar-refractivity contribution is 5.84. The molecule has 1 amide bonds. The second-order valence-electron chi connectivity index (χ2n) is 6.85. The van der Waals surface area contributed by atoms with E-state index >= 15 is 0 Å². The van der Waals surface area contributed by atoms with Crippen LogP contribution in [0.25, 0.3) is 0 Å². The van der Waals surface area contributed by atoms with Gasteiger partial charge < -0.3 is 15.5 Å². The highest BCUT2D eigenvalue weighted by atomic mass is 16.3. The number of phenolic OH excluding ortho intramolecular Hbond substituents is 1. The lowest BCUT2D eigenvalue weighted by molar-refractivity contribution is -0.123. The smallest absolute Gasteiger partial charge is 0.228 e. The zero-order chi connectivity index (χ0) is 17.6. The Kier molecular flexibility index (Phi) is 5.71. The van der Waals surface area contributed by atoms with Crippen molar-refractivity contribution in [2.75, 3.05) is 0 Å². The van der Waals surface area contributed by atoms with Gasteiger partial charge in [-0.2, -0.15) is 0 Å². The number of rotatable bonds is 5. The van der Waals surface area contributed by atoms with Gasteiger partial charge in [0.25, 0.3) is 0 Å². The summed E-state index contributed by atoms with van der Waals surface area (Å²) in [4.78, 5) is 12.9. The van der Waals surface area contributed by atoms with Crippen LogP contribution < -0.4 is 5.32 Å². The lowest BCUT2D eigenvalue weighted by Crippen LogP contribution is -2.41. The van der Waals surface area contributed by atoms with Crippen molar-refractivity contribution < 1.29 is 15.0 Å². The fourth-order valence-electron chi connectivity index (χ4n) is 3.44. The molecule has 132 valence electrons. The van der Waals surface area contributed by atoms with Crippen LogP contribution in [-0.2, 0) is 11.2 Å². The molecule has 4 heteroatoms. The summed E-state index contributed by atoms with van der Waals surface area (Å²) < 4.78 is 0. The van der Waals surface area contributed by atoms with E-state index in [4.69, 9.17) is 0 Å². The summed E-state index contributed by atoms with van der Waals surface area (Å²) in [6, 6.07) is 17.0. The van der Waals surface area contributed by atoms with Crippen molar-refractivity contribution in [1.29, 1.82) is 0 Å². The molecule has 0 heterocycles. The normalized spacial score (nSPS) is 21.5. The molecule has 1 aliphatic rings. The lowest BCUT2D eigenvalue weighted by Gasteiger charge is -2.28. The number of hydrogen-bond acceptors (Lipinski definition) is 3. The zero-order valence-electron chi connectivity index (χ0n) is 14.3. The minimum absolute atomic E-state index is 0.0284. The SMILES string of the molecule is O=C(NC1CCC(O)CC1)C(Cc1ccc(O)cc1)c1ccccc1. The topological polar surface area (TPSA) is 69.6 Å². The Labute approximate surface area is 148 Å². The van der Waals surface area contributed by atoms with Gasteiger partial charge in [-0.25, -0.2) is 0 Å². The number of hydrogen-bond donors (Lipinski definition) is 3. The molecule has 0 bridgehead atoms. The summed E-state index contributed by atoms with van der Waals surface area (Å²) in [6.07, 6.45) is 3.51. The van der Waals surface area contributed by atoms with E-state index in [1.54, 1.807) is 12.1 Å². The maximum absolute atomic E-state index is 12.9. The predicted octanol–water partition coefficient (Wildman–Crippen LogP) is 3.14. The molecule has 4 nitrogen and oxygen atoms in total. The number of benzene rings is 2. The first-order chi connectivity index (χ1) is 12.1. The number of nitrogens with one attached hydrogen (secondary N) is 1. The molecule has 1 unspecified atom stereocenters. The average Bonchev–Trinajstić information content (AvgIpc) is 2.64. The van der Waals surface area contributed by atoms with Gasteiger partial charge in [0.05, 0.1) is 12.0 Å². The van der Waals surface area contributed by atoms with Crippen molar-refractivity contribution in [2.45, 2.75) is 50.2 Å². The molecule has 3 N–H and O–H groups in total. The molecule has 1 atom stereocenters. The fraction of sp³-hybridized carbons (Fsp3) is 0.381. The van der Waals surface area contributed by atoms with Gasteiger partial charge in [-0.3, -0.25) is 4.79 Å². The van der Waals surface area contributed by atoms with Gasteiger partial charge in [0.1, 0.15) is 5.75 Å². The Bertz CT molecular complexity index is 676. The Morgan fingerprint density at radius 3 is 2.28 bits per heavy atom. The molecule has 0 spiro atoms. The number of aliphatic hydroxyl groups is 1. The molecule has 25 heavy (non-hydrogen) atoms. The van der Waals surface area contributed by atoms with E-state index in [0.29, 0.717) is 6.42 Å². The van der Waals surface area contributed by atoms with E-state index < -0.39 is 0 Å². The molecule has 1 saturated carbocycles. The van der Waals surface area contributed by atoms with Crippen molar-refractivity contribution in [3.05, 3.63) is 65.7 Å². The molecule has 1 aliphatic carbocycles. The van der Waals surface area contributed by atoms with Crippen LogP contribution in [-0.4, -0.2) is 28.3 Å². The molecule has 1 fully saturated rings. The number of carbonyl (C=O) groups is 1. The van der Waals surface area contributed by atoms with Crippen LogP contribution in [0.5, 0.6) is 5.75 Å². The molecule has 2 aromatic carbocycles. The minimum atomic E-state index is -0.266. The highest BCUT2D eigenvalue weighted by Crippen LogP contribution is 2.24. The summed E-state index contributed by atoms with van der Waals surface area (Å²) in [5.74, 6) is -0.0107. The van der Waals surface area contributed by atoms with Crippen molar-refractivity contribution in [2.24, 2.45) is 0 Å². The maximum Gasteiger partial charge on any atom is 0.228 e. The van der Waals surface area contributed by atoms with E-state index in [1.807, 2.05) is 42.5 Å². The van der Waals surface area contributed by atoms with Gasteiger partial charge in [0.2, 0.25) is 5.91 Å². The highest BCUT2D eigenvalue weighted by Gasteiger charge is 2.26. The largest absolute Gasteiger partial charge is 0.508 e. The molecule has 0 radical (unpaired) electrons. The second kappa shape index (κ2) is 8.17. The van der Waals surface area contributed by atoms with Crippen molar-refractivity contribution in [3.63, 3.8) is 0 Å². The molecule has 0 saturated heterocycles. The third-order valence-electron chi connectivity index (χ3n) is 4.94. The Morgan fingerprint density at radius 1 is 1.00 bits per heavy atom. The summed E-state index contributed by atoms with van der Waals surface area (Å²) in [5, 5.41) is 22.3. The van der Waals surface area contributed by atoms with E-state index in [1.165, 1.54) is 0 Å². The van der Waals surface area contributed by atoms with Crippen LogP contribution in [0, 0.1) is 0 Å². The molecular weight excluding hydrogens is 314 g/mol. The Balaban J connectivity index is 1.73. The average molecular weight is 339 g/mol. The van der Waals surface area contributed by atoms with Crippen LogP contribution in [0.4, 0.5) is 0 Å². The number of aromatic hydroxyl groups is 1. The number of carbonyl (C=O) groups excluding carboxylic acids is 1. The third kappa shape index (κ3) is 4.83. The summed E-state index contributed by atoms with van der Waals surface area (Å²) in [5.41, 5.74) is 2.00. The molecule has 2 aromatic rings. The fourth-order valence-corrected chi connectivity index (χ4v) is 3.44. The van der Waals surface area contributed by atoms with Crippen LogP contribution >= 0.6 is 0 Å². The van der Waals surface area contributed by atoms with E-state index in [-0.39, 0.29) is 29.7 Å². The number of amides is 1. The summed E-state index contributed by atoms with van der Waals surface area (Å²) in [6.45, 7) is 0. The van der Waals surface area contributed by atoms with E-state index in [9.17, 15) is 15.0 Å². The van der Waals surface area contributed by atoms with Gasteiger partial charge >= 0.3 is 0 Å². The minimum Gasteiger partial charge on any atom is -0.508 e. The molecule has 3 rings (SSSR count). The Morgan fingerprint density at radius 2 is 1.64 bits per heavy atom. The van der Waals surface area contributed by atoms with E-state index in [2.05, 4.69) is 5.32 Å². The molecule has 0 aliphatic heterocycles. The van der Waals surface area contributed by atoms with Gasteiger partial charge in [0.15, 0.2) is 0 Å². The van der Waals surface area contributed by atoms with Crippen LogP contribution in [0.1, 0.15) is 42.7 Å². The quantitative estimate of drug-likeness (QED) is 0.784. The number of phenols is 1. The first kappa shape index (κ1) is 17.5. The molecule has 0 aromatic heterocycles. The van der Waals surface area contributed by atoms with Crippen molar-refractivity contribution >= 4 is 5.91 Å². The molecular formula is C21H25NO3. The Hall–Kier alpha value is -2.33. The maximum atomic E-state index is 12.9. The number of aliphatic hydroxyl groups excluding tert-OH is 1. The van der Waals surface area contributed by atoms with Gasteiger partial charge in [0, 0.05) is 6.04 Å². The lowest BCUT2D eigenvalue weighted by atomic mass is 9.89. The first-order valence-electron chi connectivity index (χ1n) is 8.93. The zero-order valence-corrected chi connectivity index (χ0v) is 14.3. The monoisotopic (exact) mass is 339 g/mol. The summed E-state index contributed by atoms with van der Waals surface area (Å²) >= 11 is 0. The van der Waals surface area contributed by atoms with Crippen molar-refractivity contribution in [3.8, 4) is 5.75 Å².